The van der Waals surface area contributed by atoms with E-state index in [0.717, 1.165) is 18.5 Å². The Hall–Kier alpha value is -1.52. The highest BCUT2D eigenvalue weighted by molar-refractivity contribution is 5.80. The highest BCUT2D eigenvalue weighted by atomic mass is 16.1. The Morgan fingerprint density at radius 2 is 2.11 bits per heavy atom. The van der Waals surface area contributed by atoms with Crippen LogP contribution in [0.5, 0.6) is 0 Å². The smallest absolute Gasteiger partial charge is 0.239 e. The molecule has 0 aromatic carbocycles. The number of aryl methyl sites for hydroxylation is 1. The first kappa shape index (κ1) is 12.9. The van der Waals surface area contributed by atoms with Crippen molar-refractivity contribution in [2.45, 2.75) is 44.6 Å². The number of aromatic nitrogens is 2. The van der Waals surface area contributed by atoms with Crippen LogP contribution in [0, 0.1) is 0 Å². The normalized spacial score (nSPS) is 17.2. The Bertz CT molecular complexity index is 380. The topological polar surface area (TPSA) is 59.0 Å². The summed E-state index contributed by atoms with van der Waals surface area (Å²) in [4.78, 5) is 11.8. The number of carbonyl (C=O) groups is 1. The number of rotatable bonds is 4. The van der Waals surface area contributed by atoms with E-state index in [1.165, 1.54) is 25.7 Å². The van der Waals surface area contributed by atoms with Gasteiger partial charge in [-0.25, -0.2) is 0 Å². The van der Waals surface area contributed by atoms with E-state index in [1.807, 2.05) is 13.2 Å². The molecule has 0 saturated heterocycles. The van der Waals surface area contributed by atoms with Crippen molar-refractivity contribution in [3.05, 3.63) is 12.4 Å². The minimum absolute atomic E-state index is 0.0748. The fourth-order valence-corrected chi connectivity index (χ4v) is 2.40. The second-order valence-corrected chi connectivity index (χ2v) is 5.01. The van der Waals surface area contributed by atoms with Crippen molar-refractivity contribution in [1.29, 1.82) is 0 Å². The monoisotopic (exact) mass is 250 g/mol. The highest BCUT2D eigenvalue weighted by Gasteiger charge is 2.14. The van der Waals surface area contributed by atoms with Crippen LogP contribution in [0.2, 0.25) is 0 Å². The first-order valence-electron chi connectivity index (χ1n) is 6.76. The zero-order valence-corrected chi connectivity index (χ0v) is 11.0. The van der Waals surface area contributed by atoms with Crippen LogP contribution in [-0.4, -0.2) is 28.3 Å². The number of hydrogen-bond donors (Lipinski definition) is 2. The van der Waals surface area contributed by atoms with Crippen molar-refractivity contribution in [1.82, 2.24) is 15.1 Å². The lowest BCUT2D eigenvalue weighted by atomic mass is 10.1. The minimum atomic E-state index is 0.0748. The number of anilines is 1. The lowest BCUT2D eigenvalue weighted by molar-refractivity contribution is -0.120. The van der Waals surface area contributed by atoms with Crippen molar-refractivity contribution < 1.29 is 4.79 Å². The molecule has 0 spiro atoms. The Morgan fingerprint density at radius 3 is 2.72 bits per heavy atom. The van der Waals surface area contributed by atoms with Gasteiger partial charge >= 0.3 is 0 Å². The van der Waals surface area contributed by atoms with Crippen LogP contribution < -0.4 is 10.6 Å². The first-order valence-corrected chi connectivity index (χ1v) is 6.76. The largest absolute Gasteiger partial charge is 0.374 e. The van der Waals surface area contributed by atoms with Gasteiger partial charge in [0, 0.05) is 19.3 Å². The van der Waals surface area contributed by atoms with E-state index >= 15 is 0 Å². The summed E-state index contributed by atoms with van der Waals surface area (Å²) in [5, 5.41) is 10.2. The van der Waals surface area contributed by atoms with Crippen LogP contribution in [0.4, 0.5) is 5.69 Å². The predicted octanol–water partition coefficient (Wildman–Crippen LogP) is 1.67. The molecule has 1 aromatic heterocycles. The maximum atomic E-state index is 11.8. The van der Waals surface area contributed by atoms with Crippen molar-refractivity contribution in [2.75, 3.05) is 11.9 Å². The van der Waals surface area contributed by atoms with Crippen molar-refractivity contribution >= 4 is 11.6 Å². The Morgan fingerprint density at radius 1 is 1.39 bits per heavy atom. The standard InChI is InChI=1S/C13H22N4O/c1-17-10-12(8-15-17)14-9-13(18)16-11-6-4-2-3-5-7-11/h8,10-11,14H,2-7,9H2,1H3,(H,16,18). The van der Waals surface area contributed by atoms with Gasteiger partial charge in [-0.1, -0.05) is 25.7 Å². The van der Waals surface area contributed by atoms with Gasteiger partial charge in [0.1, 0.15) is 0 Å². The van der Waals surface area contributed by atoms with Gasteiger partial charge in [0.2, 0.25) is 5.91 Å². The third-order valence-corrected chi connectivity index (χ3v) is 3.38. The maximum absolute atomic E-state index is 11.8. The summed E-state index contributed by atoms with van der Waals surface area (Å²) in [6, 6.07) is 0.371. The van der Waals surface area contributed by atoms with Gasteiger partial charge < -0.3 is 10.6 Å². The van der Waals surface area contributed by atoms with Crippen LogP contribution in [0.1, 0.15) is 38.5 Å². The molecule has 1 heterocycles. The lowest BCUT2D eigenvalue weighted by Gasteiger charge is -2.16. The van der Waals surface area contributed by atoms with E-state index in [9.17, 15) is 4.79 Å². The van der Waals surface area contributed by atoms with Crippen LogP contribution >= 0.6 is 0 Å². The summed E-state index contributed by atoms with van der Waals surface area (Å²) >= 11 is 0. The summed E-state index contributed by atoms with van der Waals surface area (Å²) in [5.74, 6) is 0.0748. The van der Waals surface area contributed by atoms with Crippen LogP contribution in [-0.2, 0) is 11.8 Å². The highest BCUT2D eigenvalue weighted by Crippen LogP contribution is 2.17. The quantitative estimate of drug-likeness (QED) is 0.799. The zero-order chi connectivity index (χ0) is 12.8. The predicted molar refractivity (Wildman–Crippen MR) is 71.3 cm³/mol. The number of amides is 1. The van der Waals surface area contributed by atoms with Gasteiger partial charge in [-0.2, -0.15) is 5.10 Å². The molecule has 2 N–H and O–H groups in total. The molecular weight excluding hydrogens is 228 g/mol. The summed E-state index contributed by atoms with van der Waals surface area (Å²) in [6.07, 6.45) is 10.9. The lowest BCUT2D eigenvalue weighted by Crippen LogP contribution is -2.38. The van der Waals surface area contributed by atoms with Crippen molar-refractivity contribution in [2.24, 2.45) is 7.05 Å². The Labute approximate surface area is 108 Å². The molecule has 0 aliphatic heterocycles. The van der Waals surface area contributed by atoms with Crippen LogP contribution in [0.3, 0.4) is 0 Å². The summed E-state index contributed by atoms with van der Waals surface area (Å²) in [6.45, 7) is 0.322. The third-order valence-electron chi connectivity index (χ3n) is 3.38. The van der Waals surface area contributed by atoms with E-state index in [2.05, 4.69) is 15.7 Å². The molecular formula is C13H22N4O. The maximum Gasteiger partial charge on any atom is 0.239 e. The fourth-order valence-electron chi connectivity index (χ4n) is 2.40. The molecule has 18 heavy (non-hydrogen) atoms. The van der Waals surface area contributed by atoms with Gasteiger partial charge in [-0.05, 0) is 12.8 Å². The molecule has 2 rings (SSSR count). The minimum Gasteiger partial charge on any atom is -0.374 e. The van der Waals surface area contributed by atoms with Crippen LogP contribution in [0.25, 0.3) is 0 Å². The van der Waals surface area contributed by atoms with Crippen molar-refractivity contribution in [3.63, 3.8) is 0 Å². The second-order valence-electron chi connectivity index (χ2n) is 5.01. The Balaban J connectivity index is 1.71. The SMILES string of the molecule is Cn1cc(NCC(=O)NC2CCCCCC2)cn1. The molecule has 1 saturated carbocycles. The van der Waals surface area contributed by atoms with E-state index in [-0.39, 0.29) is 5.91 Å². The van der Waals surface area contributed by atoms with E-state index in [1.54, 1.807) is 10.9 Å². The van der Waals surface area contributed by atoms with Gasteiger partial charge in [0.25, 0.3) is 0 Å². The number of nitrogens with one attached hydrogen (secondary N) is 2. The molecule has 1 aliphatic carbocycles. The van der Waals surface area contributed by atoms with E-state index < -0.39 is 0 Å². The number of hydrogen-bond acceptors (Lipinski definition) is 3. The second kappa shape index (κ2) is 6.42. The van der Waals surface area contributed by atoms with Gasteiger partial charge in [-0.15, -0.1) is 0 Å². The molecule has 5 nitrogen and oxygen atoms in total. The number of nitrogens with zero attached hydrogens (tertiary/aromatic N) is 2. The van der Waals surface area contributed by atoms with Gasteiger partial charge in [0.05, 0.1) is 18.4 Å². The number of carbonyl (C=O) groups excluding carboxylic acids is 1. The molecule has 0 radical (unpaired) electrons. The average molecular weight is 250 g/mol. The Kier molecular flexibility index (Phi) is 4.61. The molecule has 100 valence electrons. The molecule has 1 amide bonds. The molecule has 0 bridgehead atoms. The van der Waals surface area contributed by atoms with Gasteiger partial charge in [-0.3, -0.25) is 9.48 Å². The summed E-state index contributed by atoms with van der Waals surface area (Å²) in [5.41, 5.74) is 0.883. The summed E-state index contributed by atoms with van der Waals surface area (Å²) in [7, 11) is 1.86. The molecule has 0 atom stereocenters. The van der Waals surface area contributed by atoms with E-state index in [4.69, 9.17) is 0 Å². The zero-order valence-electron chi connectivity index (χ0n) is 11.0. The fraction of sp³-hybridized carbons (Fsp3) is 0.692. The first-order chi connectivity index (χ1) is 8.74. The molecule has 1 aliphatic rings. The third kappa shape index (κ3) is 4.05. The van der Waals surface area contributed by atoms with Crippen LogP contribution in [0.15, 0.2) is 12.4 Å². The van der Waals surface area contributed by atoms with E-state index in [0.29, 0.717) is 12.6 Å². The average Bonchev–Trinajstić information content (AvgIpc) is 2.60. The summed E-state index contributed by atoms with van der Waals surface area (Å²) < 4.78 is 1.71. The molecule has 1 fully saturated rings. The molecule has 1 aromatic rings. The molecule has 5 heteroatoms. The molecule has 0 unspecified atom stereocenters. The van der Waals surface area contributed by atoms with Gasteiger partial charge in [0.15, 0.2) is 0 Å². The van der Waals surface area contributed by atoms with Crippen molar-refractivity contribution in [3.8, 4) is 0 Å².